The summed E-state index contributed by atoms with van der Waals surface area (Å²) in [4.78, 5) is 5.14. The summed E-state index contributed by atoms with van der Waals surface area (Å²) in [5.74, 6) is 0.906. The van der Waals surface area contributed by atoms with E-state index in [4.69, 9.17) is 9.40 Å². The highest BCUT2D eigenvalue weighted by Gasteiger charge is 2.19. The van der Waals surface area contributed by atoms with E-state index in [2.05, 4.69) is 211 Å². The third-order valence-corrected chi connectivity index (χ3v) is 12.0. The lowest BCUT2D eigenvalue weighted by molar-refractivity contribution is 0.670. The third kappa shape index (κ3) is 5.63. The van der Waals surface area contributed by atoms with Crippen LogP contribution in [0.25, 0.3) is 116 Å². The minimum Gasteiger partial charge on any atom is -0.455 e. The minimum absolute atomic E-state index is 0.867. The Morgan fingerprint density at radius 1 is 0.350 bits per heavy atom. The van der Waals surface area contributed by atoms with Crippen LogP contribution in [0.1, 0.15) is 0 Å². The lowest BCUT2D eigenvalue weighted by atomic mass is 9.92. The fraction of sp³-hybridized carbons (Fsp3) is 0. The van der Waals surface area contributed by atoms with Gasteiger partial charge in [-0.1, -0.05) is 170 Å². The number of hydrogen-bond acceptors (Lipinski definition) is 2. The van der Waals surface area contributed by atoms with Gasteiger partial charge in [-0.05, 0) is 109 Å². The van der Waals surface area contributed by atoms with Gasteiger partial charge in [0.15, 0.2) is 0 Å². The molecule has 0 aliphatic rings. The molecule has 0 amide bonds. The Hall–Kier alpha value is -8.01. The molecule has 12 aromatic rings. The molecule has 0 saturated heterocycles. The van der Waals surface area contributed by atoms with E-state index < -0.39 is 0 Å². The van der Waals surface area contributed by atoms with E-state index in [1.807, 2.05) is 12.1 Å². The summed E-state index contributed by atoms with van der Waals surface area (Å²) >= 11 is 0. The Morgan fingerprint density at radius 2 is 0.900 bits per heavy atom. The van der Waals surface area contributed by atoms with Gasteiger partial charge in [-0.2, -0.15) is 0 Å². The van der Waals surface area contributed by atoms with Gasteiger partial charge in [0.2, 0.25) is 0 Å². The maximum Gasteiger partial charge on any atom is 0.145 e. The average molecular weight is 765 g/mol. The molecule has 0 N–H and O–H groups in total. The molecular weight excluding hydrogens is 729 g/mol. The Labute approximate surface area is 347 Å². The first-order valence-electron chi connectivity index (χ1n) is 20.4. The molecule has 60 heavy (non-hydrogen) atoms. The van der Waals surface area contributed by atoms with E-state index in [-0.39, 0.29) is 0 Å². The van der Waals surface area contributed by atoms with Gasteiger partial charge in [0.1, 0.15) is 17.0 Å². The maximum absolute atomic E-state index is 6.84. The number of furan rings is 1. The average Bonchev–Trinajstić information content (AvgIpc) is 3.90. The number of fused-ring (bicyclic) bond motifs is 6. The number of benzene rings is 10. The third-order valence-electron chi connectivity index (χ3n) is 12.0. The van der Waals surface area contributed by atoms with Gasteiger partial charge < -0.3 is 4.42 Å². The number of para-hydroxylation sites is 3. The van der Waals surface area contributed by atoms with Crippen LogP contribution in [-0.4, -0.2) is 9.55 Å². The molecule has 10 aromatic carbocycles. The fourth-order valence-corrected chi connectivity index (χ4v) is 9.08. The van der Waals surface area contributed by atoms with E-state index in [0.29, 0.717) is 0 Å². The highest BCUT2D eigenvalue weighted by Crippen LogP contribution is 2.42. The molecule has 12 rings (SSSR count). The van der Waals surface area contributed by atoms with Crippen LogP contribution in [0, 0.1) is 0 Å². The predicted molar refractivity (Wildman–Crippen MR) is 251 cm³/mol. The lowest BCUT2D eigenvalue weighted by Crippen LogP contribution is -1.97. The molecule has 0 saturated carbocycles. The zero-order chi connectivity index (χ0) is 39.6. The van der Waals surface area contributed by atoms with Gasteiger partial charge in [0, 0.05) is 27.6 Å². The largest absolute Gasteiger partial charge is 0.455 e. The molecule has 2 aromatic heterocycles. The topological polar surface area (TPSA) is 31.0 Å². The van der Waals surface area contributed by atoms with Crippen molar-refractivity contribution in [3.63, 3.8) is 0 Å². The molecular formula is C57H36N2O. The number of imidazole rings is 1. The molecule has 0 bridgehead atoms. The number of rotatable bonds is 6. The molecule has 280 valence electrons. The summed E-state index contributed by atoms with van der Waals surface area (Å²) in [5.41, 5.74) is 15.1. The monoisotopic (exact) mass is 764 g/mol. The van der Waals surface area contributed by atoms with Crippen LogP contribution in [0.5, 0.6) is 0 Å². The Bertz CT molecular complexity index is 3570. The molecule has 3 heteroatoms. The SMILES string of the molecule is c1ccc(-n2c(-c3ccc(-c4cc(-c5ccc(-c6cccc7ccccc67)cc5)cc5c4oc4ccc(-c6cccc7ccccc67)cc45)cc3)nc3ccccc32)cc1. The summed E-state index contributed by atoms with van der Waals surface area (Å²) < 4.78 is 9.09. The summed E-state index contributed by atoms with van der Waals surface area (Å²) in [6.45, 7) is 0. The molecule has 0 spiro atoms. The first kappa shape index (κ1) is 34.1. The highest BCUT2D eigenvalue weighted by molar-refractivity contribution is 6.13. The van der Waals surface area contributed by atoms with Crippen LogP contribution in [0.3, 0.4) is 0 Å². The minimum atomic E-state index is 0.867. The van der Waals surface area contributed by atoms with Gasteiger partial charge in [-0.15, -0.1) is 0 Å². The summed E-state index contributed by atoms with van der Waals surface area (Å²) in [6, 6.07) is 78.1. The van der Waals surface area contributed by atoms with Crippen LogP contribution in [0.2, 0.25) is 0 Å². The van der Waals surface area contributed by atoms with Gasteiger partial charge in [-0.25, -0.2) is 4.98 Å². The van der Waals surface area contributed by atoms with Crippen molar-refractivity contribution in [1.29, 1.82) is 0 Å². The number of aromatic nitrogens is 2. The van der Waals surface area contributed by atoms with E-state index in [1.165, 1.54) is 43.8 Å². The van der Waals surface area contributed by atoms with E-state index in [9.17, 15) is 0 Å². The quantitative estimate of drug-likeness (QED) is 0.169. The zero-order valence-electron chi connectivity index (χ0n) is 32.6. The van der Waals surface area contributed by atoms with Crippen molar-refractivity contribution in [1.82, 2.24) is 9.55 Å². The van der Waals surface area contributed by atoms with Crippen molar-refractivity contribution in [2.24, 2.45) is 0 Å². The van der Waals surface area contributed by atoms with Crippen LogP contribution >= 0.6 is 0 Å². The number of nitrogens with zero attached hydrogens (tertiary/aromatic N) is 2. The molecule has 0 aliphatic carbocycles. The van der Waals surface area contributed by atoms with E-state index >= 15 is 0 Å². The predicted octanol–water partition coefficient (Wildman–Crippen LogP) is 15.6. The molecule has 0 radical (unpaired) electrons. The lowest BCUT2D eigenvalue weighted by Gasteiger charge is -2.12. The summed E-state index contributed by atoms with van der Waals surface area (Å²) in [7, 11) is 0. The van der Waals surface area contributed by atoms with Gasteiger partial charge >= 0.3 is 0 Å². The molecule has 0 aliphatic heterocycles. The second kappa shape index (κ2) is 13.8. The van der Waals surface area contributed by atoms with Crippen molar-refractivity contribution in [2.45, 2.75) is 0 Å². The molecule has 2 heterocycles. The summed E-state index contributed by atoms with van der Waals surface area (Å²) in [6.07, 6.45) is 0. The van der Waals surface area contributed by atoms with Gasteiger partial charge in [0.25, 0.3) is 0 Å². The van der Waals surface area contributed by atoms with Crippen LogP contribution in [0.4, 0.5) is 0 Å². The van der Waals surface area contributed by atoms with E-state index in [0.717, 1.165) is 72.3 Å². The molecule has 0 unspecified atom stereocenters. The maximum atomic E-state index is 6.84. The molecule has 0 atom stereocenters. The summed E-state index contributed by atoms with van der Waals surface area (Å²) in [5, 5.41) is 7.15. The van der Waals surface area contributed by atoms with Crippen molar-refractivity contribution < 1.29 is 4.42 Å². The van der Waals surface area contributed by atoms with Crippen molar-refractivity contribution >= 4 is 54.5 Å². The van der Waals surface area contributed by atoms with Crippen LogP contribution < -0.4 is 0 Å². The first-order valence-corrected chi connectivity index (χ1v) is 20.4. The van der Waals surface area contributed by atoms with Gasteiger partial charge in [-0.3, -0.25) is 4.57 Å². The Morgan fingerprint density at radius 3 is 1.63 bits per heavy atom. The molecule has 0 fully saturated rings. The molecule has 3 nitrogen and oxygen atoms in total. The zero-order valence-corrected chi connectivity index (χ0v) is 32.6. The van der Waals surface area contributed by atoms with Crippen molar-refractivity contribution in [3.8, 4) is 61.6 Å². The Kier molecular flexibility index (Phi) is 7.85. The standard InChI is InChI=1S/C57H36N2O/c1-2-16-45(17-3-1)59-54-23-9-8-22-53(54)58-57(59)42-30-28-41(29-31-42)50-35-44(37-24-26-40(27-25-37)48-20-10-14-38-12-4-6-18-46(38)48)36-52-51-34-43(32-33-55(51)60-56(50)52)49-21-11-15-39-13-5-7-19-47(39)49/h1-36H. The first-order chi connectivity index (χ1) is 29.7. The van der Waals surface area contributed by atoms with E-state index in [1.54, 1.807) is 0 Å². The number of hydrogen-bond donors (Lipinski definition) is 0. The smallest absolute Gasteiger partial charge is 0.145 e. The fourth-order valence-electron chi connectivity index (χ4n) is 9.08. The van der Waals surface area contributed by atoms with Crippen LogP contribution in [-0.2, 0) is 0 Å². The van der Waals surface area contributed by atoms with Crippen molar-refractivity contribution in [3.05, 3.63) is 218 Å². The van der Waals surface area contributed by atoms with Crippen molar-refractivity contribution in [2.75, 3.05) is 0 Å². The van der Waals surface area contributed by atoms with Gasteiger partial charge in [0.05, 0.1) is 11.0 Å². The van der Waals surface area contributed by atoms with Crippen LogP contribution in [0.15, 0.2) is 223 Å². The highest BCUT2D eigenvalue weighted by atomic mass is 16.3. The second-order valence-corrected chi connectivity index (χ2v) is 15.5. The second-order valence-electron chi connectivity index (χ2n) is 15.5. The Balaban J connectivity index is 1.02. The normalized spacial score (nSPS) is 11.7.